The number of hydrogen-bond donors (Lipinski definition) is 1. The number of ether oxygens (including phenoxy) is 1. The number of H-pyrrole nitrogens is 1. The summed E-state index contributed by atoms with van der Waals surface area (Å²) in [5.41, 5.74) is 0.0351. The van der Waals surface area contributed by atoms with E-state index in [0.717, 1.165) is 11.1 Å². The van der Waals surface area contributed by atoms with E-state index < -0.39 is 0 Å². The van der Waals surface area contributed by atoms with E-state index in [1.807, 2.05) is 31.2 Å². The van der Waals surface area contributed by atoms with Crippen molar-refractivity contribution in [2.24, 2.45) is 0 Å². The maximum absolute atomic E-state index is 12.8. The molecule has 1 unspecified atom stereocenters. The van der Waals surface area contributed by atoms with Gasteiger partial charge in [-0.15, -0.1) is 0 Å². The van der Waals surface area contributed by atoms with Gasteiger partial charge in [-0.25, -0.2) is 0 Å². The van der Waals surface area contributed by atoms with Crippen LogP contribution in [-0.2, 0) is 4.74 Å². The first-order chi connectivity index (χ1) is 12.1. The number of amides is 1. The summed E-state index contributed by atoms with van der Waals surface area (Å²) in [5.74, 6) is 1.31. The Morgan fingerprint density at radius 1 is 1.24 bits per heavy atom. The summed E-state index contributed by atoms with van der Waals surface area (Å²) >= 11 is 0. The van der Waals surface area contributed by atoms with E-state index in [9.17, 15) is 9.59 Å². The number of morpholine rings is 1. The maximum atomic E-state index is 12.8. The number of carbonyl (C=O) groups is 1. The van der Waals surface area contributed by atoms with Gasteiger partial charge in [0.2, 0.25) is 0 Å². The molecule has 2 aromatic heterocycles. The van der Waals surface area contributed by atoms with Gasteiger partial charge in [0.05, 0.1) is 13.2 Å². The molecule has 3 aromatic rings. The number of carbonyl (C=O) groups excluding carboxylic acids is 1. The molecule has 0 radical (unpaired) electrons. The molecule has 1 N–H and O–H groups in total. The average molecular weight is 338 g/mol. The van der Waals surface area contributed by atoms with Gasteiger partial charge < -0.3 is 19.0 Å². The predicted octanol–water partition coefficient (Wildman–Crippen LogP) is 2.64. The number of fused-ring (bicyclic) bond motifs is 1. The zero-order valence-corrected chi connectivity index (χ0v) is 13.8. The number of aryl methyl sites for hydroxylation is 1. The highest BCUT2D eigenvalue weighted by molar-refractivity contribution is 5.96. The van der Waals surface area contributed by atoms with Crippen molar-refractivity contribution >= 4 is 16.7 Å². The minimum atomic E-state index is -0.293. The third-order valence-electron chi connectivity index (χ3n) is 4.42. The molecule has 1 aliphatic rings. The summed E-state index contributed by atoms with van der Waals surface area (Å²) in [4.78, 5) is 29.4. The first-order valence-electron chi connectivity index (χ1n) is 8.21. The fraction of sp³-hybridized carbons (Fsp3) is 0.263. The number of nitrogens with one attached hydrogen (secondary N) is 1. The molecule has 1 aromatic carbocycles. The molecule has 128 valence electrons. The molecule has 3 heterocycles. The van der Waals surface area contributed by atoms with Crippen molar-refractivity contribution in [3.63, 3.8) is 0 Å². The number of hydrogen-bond acceptors (Lipinski definition) is 4. The molecule has 0 spiro atoms. The van der Waals surface area contributed by atoms with Crippen LogP contribution in [0.4, 0.5) is 0 Å². The van der Waals surface area contributed by atoms with Gasteiger partial charge in [-0.3, -0.25) is 9.59 Å². The highest BCUT2D eigenvalue weighted by atomic mass is 16.5. The van der Waals surface area contributed by atoms with Crippen molar-refractivity contribution in [3.8, 4) is 0 Å². The standard InChI is InChI=1S/C19H18N2O4/c1-12-6-7-16(25-12)17-11-21(8-9-24-17)19(23)15-10-13-4-2-3-5-14(13)18(22)20-15/h2-7,10,17H,8-9,11H2,1H3,(H,20,22). The van der Waals surface area contributed by atoms with Crippen LogP contribution >= 0.6 is 0 Å². The zero-order chi connectivity index (χ0) is 17.4. The van der Waals surface area contributed by atoms with E-state index in [-0.39, 0.29) is 17.6 Å². The van der Waals surface area contributed by atoms with E-state index in [1.165, 1.54) is 0 Å². The van der Waals surface area contributed by atoms with Crippen molar-refractivity contribution in [1.82, 2.24) is 9.88 Å². The van der Waals surface area contributed by atoms with Gasteiger partial charge in [-0.05, 0) is 36.6 Å². The Morgan fingerprint density at radius 3 is 2.88 bits per heavy atom. The molecule has 1 fully saturated rings. The Morgan fingerprint density at radius 2 is 2.08 bits per heavy atom. The first kappa shape index (κ1) is 15.7. The van der Waals surface area contributed by atoms with Gasteiger partial charge in [-0.1, -0.05) is 18.2 Å². The van der Waals surface area contributed by atoms with E-state index in [1.54, 1.807) is 23.1 Å². The number of aromatic amines is 1. The Labute approximate surface area is 144 Å². The van der Waals surface area contributed by atoms with Crippen LogP contribution in [0.1, 0.15) is 28.1 Å². The highest BCUT2D eigenvalue weighted by Gasteiger charge is 2.28. The van der Waals surface area contributed by atoms with Crippen molar-refractivity contribution in [2.75, 3.05) is 19.7 Å². The number of benzene rings is 1. The summed E-state index contributed by atoms with van der Waals surface area (Å²) in [6.45, 7) is 3.16. The van der Waals surface area contributed by atoms with E-state index in [2.05, 4.69) is 4.98 Å². The van der Waals surface area contributed by atoms with Crippen LogP contribution in [-0.4, -0.2) is 35.5 Å². The molecule has 0 saturated carbocycles. The van der Waals surface area contributed by atoms with Gasteiger partial charge in [0.25, 0.3) is 11.5 Å². The highest BCUT2D eigenvalue weighted by Crippen LogP contribution is 2.25. The third kappa shape index (κ3) is 2.96. The first-order valence-corrected chi connectivity index (χ1v) is 8.21. The van der Waals surface area contributed by atoms with Crippen LogP contribution in [0.25, 0.3) is 10.8 Å². The summed E-state index contributed by atoms with van der Waals surface area (Å²) in [7, 11) is 0. The molecule has 6 nitrogen and oxygen atoms in total. The second kappa shape index (κ2) is 6.22. The molecule has 1 amide bonds. The normalized spacial score (nSPS) is 17.8. The molecule has 1 saturated heterocycles. The molecular formula is C19H18N2O4. The van der Waals surface area contributed by atoms with Gasteiger partial charge in [-0.2, -0.15) is 0 Å². The molecule has 1 atom stereocenters. The minimum absolute atomic E-state index is 0.209. The quantitative estimate of drug-likeness (QED) is 0.779. The van der Waals surface area contributed by atoms with Crippen LogP contribution in [0.2, 0.25) is 0 Å². The molecule has 0 bridgehead atoms. The monoisotopic (exact) mass is 338 g/mol. The smallest absolute Gasteiger partial charge is 0.270 e. The second-order valence-electron chi connectivity index (χ2n) is 6.16. The summed E-state index contributed by atoms with van der Waals surface area (Å²) in [6.07, 6.45) is -0.293. The number of rotatable bonds is 2. The Kier molecular flexibility index (Phi) is 3.89. The zero-order valence-electron chi connectivity index (χ0n) is 13.8. The Bertz CT molecular complexity index is 988. The fourth-order valence-electron chi connectivity index (χ4n) is 3.13. The molecule has 6 heteroatoms. The van der Waals surface area contributed by atoms with Crippen LogP contribution < -0.4 is 5.56 Å². The Balaban J connectivity index is 1.61. The Hall–Kier alpha value is -2.86. The van der Waals surface area contributed by atoms with E-state index in [4.69, 9.17) is 9.15 Å². The van der Waals surface area contributed by atoms with Crippen LogP contribution in [0.15, 0.2) is 51.7 Å². The van der Waals surface area contributed by atoms with Crippen LogP contribution in [0.3, 0.4) is 0 Å². The number of furan rings is 1. The topological polar surface area (TPSA) is 75.5 Å². The predicted molar refractivity (Wildman–Crippen MR) is 92.6 cm³/mol. The van der Waals surface area contributed by atoms with Crippen molar-refractivity contribution in [2.45, 2.75) is 13.0 Å². The van der Waals surface area contributed by atoms with Gasteiger partial charge in [0, 0.05) is 11.9 Å². The molecule has 0 aliphatic carbocycles. The lowest BCUT2D eigenvalue weighted by molar-refractivity contribution is -0.0325. The van der Waals surface area contributed by atoms with Gasteiger partial charge >= 0.3 is 0 Å². The lowest BCUT2D eigenvalue weighted by Gasteiger charge is -2.32. The number of pyridine rings is 1. The maximum Gasteiger partial charge on any atom is 0.270 e. The molecule has 4 rings (SSSR count). The third-order valence-corrected chi connectivity index (χ3v) is 4.42. The largest absolute Gasteiger partial charge is 0.464 e. The fourth-order valence-corrected chi connectivity index (χ4v) is 3.13. The van der Waals surface area contributed by atoms with Crippen molar-refractivity contribution < 1.29 is 13.9 Å². The number of aromatic nitrogens is 1. The van der Waals surface area contributed by atoms with E-state index >= 15 is 0 Å². The van der Waals surface area contributed by atoms with Gasteiger partial charge in [0.15, 0.2) is 0 Å². The number of nitrogens with zero attached hydrogens (tertiary/aromatic N) is 1. The summed E-state index contributed by atoms with van der Waals surface area (Å²) in [6, 6.07) is 12.7. The molecule has 25 heavy (non-hydrogen) atoms. The van der Waals surface area contributed by atoms with Crippen LogP contribution in [0.5, 0.6) is 0 Å². The van der Waals surface area contributed by atoms with Crippen molar-refractivity contribution in [3.05, 3.63) is 70.0 Å². The molecular weight excluding hydrogens is 320 g/mol. The van der Waals surface area contributed by atoms with Gasteiger partial charge in [0.1, 0.15) is 23.3 Å². The average Bonchev–Trinajstić information content (AvgIpc) is 3.08. The lowest BCUT2D eigenvalue weighted by atomic mass is 10.1. The van der Waals surface area contributed by atoms with Crippen LogP contribution in [0, 0.1) is 6.92 Å². The van der Waals surface area contributed by atoms with Crippen molar-refractivity contribution in [1.29, 1.82) is 0 Å². The SMILES string of the molecule is Cc1ccc(C2CN(C(=O)c3cc4ccccc4c(=O)[nH]3)CCO2)o1. The second-order valence-corrected chi connectivity index (χ2v) is 6.16. The summed E-state index contributed by atoms with van der Waals surface area (Å²) in [5, 5.41) is 1.33. The lowest BCUT2D eigenvalue weighted by Crippen LogP contribution is -2.42. The summed E-state index contributed by atoms with van der Waals surface area (Å²) < 4.78 is 11.3. The van der Waals surface area contributed by atoms with E-state index in [0.29, 0.717) is 36.5 Å². The minimum Gasteiger partial charge on any atom is -0.464 e. The molecule has 1 aliphatic heterocycles.